The van der Waals surface area contributed by atoms with Gasteiger partial charge < -0.3 is 10.2 Å². The normalized spacial score (nSPS) is 11.9. The van der Waals surface area contributed by atoms with Crippen molar-refractivity contribution in [3.05, 3.63) is 70.7 Å². The zero-order valence-corrected chi connectivity index (χ0v) is 16.9. The van der Waals surface area contributed by atoms with E-state index < -0.39 is 6.04 Å². The van der Waals surface area contributed by atoms with E-state index in [-0.39, 0.29) is 17.9 Å². The molecule has 4 nitrogen and oxygen atoms in total. The van der Waals surface area contributed by atoms with E-state index in [1.165, 1.54) is 0 Å². The van der Waals surface area contributed by atoms with Gasteiger partial charge in [0.1, 0.15) is 6.04 Å². The SMILES string of the molecule is CCC(=O)N(Cc1cccc(Cl)c1)C(Cc1ccccc1)C(=O)NC(C)C. The molecule has 0 aliphatic rings. The van der Waals surface area contributed by atoms with Crippen LogP contribution in [0.5, 0.6) is 0 Å². The molecule has 1 N–H and O–H groups in total. The highest BCUT2D eigenvalue weighted by Gasteiger charge is 2.29. The van der Waals surface area contributed by atoms with Gasteiger partial charge in [-0.2, -0.15) is 0 Å². The van der Waals surface area contributed by atoms with Crippen molar-refractivity contribution < 1.29 is 9.59 Å². The van der Waals surface area contributed by atoms with Crippen molar-refractivity contribution >= 4 is 23.4 Å². The Hall–Kier alpha value is -2.33. The largest absolute Gasteiger partial charge is 0.352 e. The Labute approximate surface area is 166 Å². The maximum Gasteiger partial charge on any atom is 0.243 e. The molecule has 144 valence electrons. The molecule has 0 aliphatic heterocycles. The Kier molecular flexibility index (Phi) is 7.86. The van der Waals surface area contributed by atoms with Gasteiger partial charge in [0.2, 0.25) is 11.8 Å². The molecule has 0 saturated heterocycles. The molecular weight excluding hydrogens is 360 g/mol. The number of carbonyl (C=O) groups is 2. The van der Waals surface area contributed by atoms with Crippen LogP contribution in [0.4, 0.5) is 0 Å². The van der Waals surface area contributed by atoms with Gasteiger partial charge in [-0.3, -0.25) is 9.59 Å². The van der Waals surface area contributed by atoms with E-state index in [0.717, 1.165) is 11.1 Å². The van der Waals surface area contributed by atoms with Gasteiger partial charge in [0, 0.05) is 30.5 Å². The number of halogens is 1. The lowest BCUT2D eigenvalue weighted by atomic mass is 10.0. The average Bonchev–Trinajstić information content (AvgIpc) is 2.64. The molecule has 1 unspecified atom stereocenters. The molecule has 0 radical (unpaired) electrons. The number of hydrogen-bond donors (Lipinski definition) is 1. The van der Waals surface area contributed by atoms with Crippen LogP contribution in [-0.2, 0) is 22.6 Å². The predicted octanol–water partition coefficient (Wildman–Crippen LogP) is 4.21. The molecule has 0 spiro atoms. The van der Waals surface area contributed by atoms with Crippen LogP contribution in [0.3, 0.4) is 0 Å². The number of amides is 2. The number of rotatable bonds is 8. The van der Waals surface area contributed by atoms with Gasteiger partial charge >= 0.3 is 0 Å². The molecule has 0 fully saturated rings. The Balaban J connectivity index is 2.35. The summed E-state index contributed by atoms with van der Waals surface area (Å²) in [6.07, 6.45) is 0.798. The van der Waals surface area contributed by atoms with E-state index in [1.54, 1.807) is 11.0 Å². The highest BCUT2D eigenvalue weighted by atomic mass is 35.5. The summed E-state index contributed by atoms with van der Waals surface area (Å²) in [4.78, 5) is 27.3. The monoisotopic (exact) mass is 386 g/mol. The number of nitrogens with one attached hydrogen (secondary N) is 1. The van der Waals surface area contributed by atoms with Gasteiger partial charge in [-0.1, -0.05) is 61.0 Å². The number of carbonyl (C=O) groups excluding carboxylic acids is 2. The van der Waals surface area contributed by atoms with Crippen LogP contribution in [0.1, 0.15) is 38.3 Å². The molecule has 0 aliphatic carbocycles. The molecule has 2 aromatic carbocycles. The molecule has 0 heterocycles. The fraction of sp³-hybridized carbons (Fsp3) is 0.364. The fourth-order valence-corrected chi connectivity index (χ4v) is 3.18. The lowest BCUT2D eigenvalue weighted by molar-refractivity contribution is -0.141. The third-order valence-corrected chi connectivity index (χ3v) is 4.48. The van der Waals surface area contributed by atoms with E-state index in [0.29, 0.717) is 24.4 Å². The molecule has 1 atom stereocenters. The third-order valence-electron chi connectivity index (χ3n) is 4.25. The predicted molar refractivity (Wildman–Crippen MR) is 110 cm³/mol. The van der Waals surface area contributed by atoms with Crippen LogP contribution in [0, 0.1) is 0 Å². The molecule has 0 bridgehead atoms. The quantitative estimate of drug-likeness (QED) is 0.738. The number of benzene rings is 2. The Morgan fingerprint density at radius 2 is 1.70 bits per heavy atom. The second-order valence-corrected chi connectivity index (χ2v) is 7.31. The van der Waals surface area contributed by atoms with Gasteiger partial charge in [0.25, 0.3) is 0 Å². The summed E-state index contributed by atoms with van der Waals surface area (Å²) in [5.41, 5.74) is 1.92. The minimum Gasteiger partial charge on any atom is -0.352 e. The maximum atomic E-state index is 12.9. The zero-order chi connectivity index (χ0) is 19.8. The number of hydrogen-bond acceptors (Lipinski definition) is 2. The van der Waals surface area contributed by atoms with Crippen molar-refractivity contribution in [3.63, 3.8) is 0 Å². The smallest absolute Gasteiger partial charge is 0.243 e. The van der Waals surface area contributed by atoms with E-state index in [1.807, 2.05) is 69.3 Å². The van der Waals surface area contributed by atoms with E-state index in [2.05, 4.69) is 5.32 Å². The first kappa shape index (κ1) is 21.0. The molecular formula is C22H27ClN2O2. The summed E-state index contributed by atoms with van der Waals surface area (Å²) < 4.78 is 0. The number of nitrogens with zero attached hydrogens (tertiary/aromatic N) is 1. The van der Waals surface area contributed by atoms with Crippen LogP contribution in [0.15, 0.2) is 54.6 Å². The summed E-state index contributed by atoms with van der Waals surface area (Å²) in [6.45, 7) is 5.99. The standard InChI is InChI=1S/C22H27ClN2O2/c1-4-21(26)25(15-18-11-8-12-19(23)13-18)20(22(27)24-16(2)3)14-17-9-6-5-7-10-17/h5-13,16,20H,4,14-15H2,1-3H3,(H,24,27). The van der Waals surface area contributed by atoms with Gasteiger partial charge in [-0.15, -0.1) is 0 Å². The summed E-state index contributed by atoms with van der Waals surface area (Å²) in [6, 6.07) is 16.6. The van der Waals surface area contributed by atoms with E-state index >= 15 is 0 Å². The summed E-state index contributed by atoms with van der Waals surface area (Å²) in [7, 11) is 0. The van der Waals surface area contributed by atoms with Crippen molar-refractivity contribution in [2.45, 2.75) is 52.2 Å². The fourth-order valence-electron chi connectivity index (χ4n) is 2.97. The summed E-state index contributed by atoms with van der Waals surface area (Å²) in [5, 5.41) is 3.57. The lowest BCUT2D eigenvalue weighted by Crippen LogP contribution is -2.51. The van der Waals surface area contributed by atoms with Crippen molar-refractivity contribution in [1.29, 1.82) is 0 Å². The second kappa shape index (κ2) is 10.1. The minimum absolute atomic E-state index is 0.000483. The molecule has 2 rings (SSSR count). The maximum absolute atomic E-state index is 12.9. The summed E-state index contributed by atoms with van der Waals surface area (Å²) in [5.74, 6) is -0.201. The Morgan fingerprint density at radius 1 is 1.04 bits per heavy atom. The summed E-state index contributed by atoms with van der Waals surface area (Å²) >= 11 is 6.10. The molecule has 27 heavy (non-hydrogen) atoms. The third kappa shape index (κ3) is 6.40. The van der Waals surface area contributed by atoms with Gasteiger partial charge in [0.15, 0.2) is 0 Å². The molecule has 5 heteroatoms. The zero-order valence-electron chi connectivity index (χ0n) is 16.1. The van der Waals surface area contributed by atoms with Crippen LogP contribution < -0.4 is 5.32 Å². The van der Waals surface area contributed by atoms with Crippen molar-refractivity contribution in [3.8, 4) is 0 Å². The Bertz CT molecular complexity index is 762. The topological polar surface area (TPSA) is 49.4 Å². The van der Waals surface area contributed by atoms with Crippen LogP contribution in [0.2, 0.25) is 5.02 Å². The average molecular weight is 387 g/mol. The highest BCUT2D eigenvalue weighted by molar-refractivity contribution is 6.30. The second-order valence-electron chi connectivity index (χ2n) is 6.87. The van der Waals surface area contributed by atoms with Crippen molar-refractivity contribution in [2.75, 3.05) is 0 Å². The van der Waals surface area contributed by atoms with E-state index in [9.17, 15) is 9.59 Å². The van der Waals surface area contributed by atoms with Gasteiger partial charge in [0.05, 0.1) is 0 Å². The first-order chi connectivity index (χ1) is 12.9. The van der Waals surface area contributed by atoms with Crippen LogP contribution >= 0.6 is 11.6 Å². The molecule has 2 aromatic rings. The molecule has 0 saturated carbocycles. The Morgan fingerprint density at radius 3 is 2.30 bits per heavy atom. The lowest BCUT2D eigenvalue weighted by Gasteiger charge is -2.32. The van der Waals surface area contributed by atoms with E-state index in [4.69, 9.17) is 11.6 Å². The van der Waals surface area contributed by atoms with Crippen molar-refractivity contribution in [1.82, 2.24) is 10.2 Å². The van der Waals surface area contributed by atoms with Gasteiger partial charge in [-0.25, -0.2) is 0 Å². The van der Waals surface area contributed by atoms with Crippen LogP contribution in [0.25, 0.3) is 0 Å². The van der Waals surface area contributed by atoms with Crippen LogP contribution in [-0.4, -0.2) is 28.8 Å². The first-order valence-electron chi connectivity index (χ1n) is 9.29. The van der Waals surface area contributed by atoms with Crippen molar-refractivity contribution in [2.24, 2.45) is 0 Å². The molecule has 0 aromatic heterocycles. The van der Waals surface area contributed by atoms with Gasteiger partial charge in [-0.05, 0) is 37.1 Å². The molecule has 2 amide bonds. The first-order valence-corrected chi connectivity index (χ1v) is 9.66. The highest BCUT2D eigenvalue weighted by Crippen LogP contribution is 2.18. The minimum atomic E-state index is -0.582.